The first kappa shape index (κ1) is 18.6. The summed E-state index contributed by atoms with van der Waals surface area (Å²) in [6.07, 6.45) is -1.45. The van der Waals surface area contributed by atoms with E-state index in [9.17, 15) is 14.0 Å². The third-order valence-corrected chi connectivity index (χ3v) is 5.58. The van der Waals surface area contributed by atoms with Crippen LogP contribution in [-0.2, 0) is 24.4 Å². The lowest BCUT2D eigenvalue weighted by atomic mass is 10.0. The zero-order valence-corrected chi connectivity index (χ0v) is 16.3. The zero-order chi connectivity index (χ0) is 20.2. The normalized spacial score (nSPS) is 12.1. The number of fused-ring (bicyclic) bond motifs is 4. The van der Waals surface area contributed by atoms with Gasteiger partial charge in [-0.15, -0.1) is 0 Å². The zero-order valence-electron chi connectivity index (χ0n) is 14.8. The van der Waals surface area contributed by atoms with Crippen LogP contribution in [0.2, 0.25) is 0 Å². The largest absolute Gasteiger partial charge is 0.506 e. The number of halogens is 2. The first-order valence-corrected chi connectivity index (χ1v) is 9.21. The van der Waals surface area contributed by atoms with Gasteiger partial charge in [0.1, 0.15) is 12.4 Å². The smallest absolute Gasteiger partial charge is 0.450 e. The van der Waals surface area contributed by atoms with Gasteiger partial charge in [-0.1, -0.05) is 0 Å². The molecular weight excluding hydrogens is 433 g/mol. The highest BCUT2D eigenvalue weighted by atomic mass is 79.9. The summed E-state index contributed by atoms with van der Waals surface area (Å²) in [6.45, 7) is 1.85. The van der Waals surface area contributed by atoms with Gasteiger partial charge in [-0.25, -0.2) is 14.2 Å². The maximum Gasteiger partial charge on any atom is 0.506 e. The molecule has 0 bridgehead atoms. The lowest BCUT2D eigenvalue weighted by Crippen LogP contribution is -2.25. The van der Waals surface area contributed by atoms with E-state index in [0.717, 1.165) is 16.5 Å². The van der Waals surface area contributed by atoms with Gasteiger partial charge in [-0.2, -0.15) is 0 Å². The highest BCUT2D eigenvalue weighted by Crippen LogP contribution is 2.37. The van der Waals surface area contributed by atoms with Gasteiger partial charge < -0.3 is 20.1 Å². The maximum absolute atomic E-state index is 14.0. The molecule has 0 saturated carbocycles. The van der Waals surface area contributed by atoms with Gasteiger partial charge in [-0.05, 0) is 46.1 Å². The average molecular weight is 448 g/mol. The van der Waals surface area contributed by atoms with E-state index in [-0.39, 0.29) is 30.8 Å². The van der Waals surface area contributed by atoms with Crippen LogP contribution in [-0.4, -0.2) is 20.8 Å². The van der Waals surface area contributed by atoms with Crippen LogP contribution >= 0.6 is 15.9 Å². The molecule has 1 aliphatic heterocycles. The van der Waals surface area contributed by atoms with Crippen LogP contribution in [0.1, 0.15) is 22.3 Å². The van der Waals surface area contributed by atoms with E-state index < -0.39 is 12.0 Å². The first-order chi connectivity index (χ1) is 13.3. The molecule has 0 fully saturated rings. The number of benzene rings is 1. The Labute approximate surface area is 166 Å². The van der Waals surface area contributed by atoms with Crippen LogP contribution in [0.4, 0.5) is 9.18 Å². The van der Waals surface area contributed by atoms with Crippen molar-refractivity contribution in [2.24, 2.45) is 5.73 Å². The summed E-state index contributed by atoms with van der Waals surface area (Å²) >= 11 is 3.19. The summed E-state index contributed by atoms with van der Waals surface area (Å²) in [4.78, 5) is 28.2. The summed E-state index contributed by atoms with van der Waals surface area (Å²) in [7, 11) is 0. The minimum absolute atomic E-state index is 0.204. The molecule has 7 nitrogen and oxygen atoms in total. The molecule has 28 heavy (non-hydrogen) atoms. The van der Waals surface area contributed by atoms with Crippen molar-refractivity contribution in [1.82, 2.24) is 9.55 Å². The molecule has 0 aliphatic carbocycles. The van der Waals surface area contributed by atoms with Crippen LogP contribution in [0, 0.1) is 12.7 Å². The molecule has 0 spiro atoms. The van der Waals surface area contributed by atoms with Gasteiger partial charge >= 0.3 is 6.16 Å². The van der Waals surface area contributed by atoms with E-state index in [2.05, 4.69) is 25.7 Å². The Hall–Kier alpha value is -2.78. The van der Waals surface area contributed by atoms with Gasteiger partial charge in [0.25, 0.3) is 5.56 Å². The van der Waals surface area contributed by atoms with Crippen LogP contribution < -0.4 is 11.3 Å². The number of ether oxygens (including phenoxy) is 1. The van der Waals surface area contributed by atoms with Crippen LogP contribution in [0.5, 0.6) is 0 Å². The Morgan fingerprint density at radius 2 is 2.14 bits per heavy atom. The van der Waals surface area contributed by atoms with Crippen molar-refractivity contribution in [3.8, 4) is 11.4 Å². The molecule has 144 valence electrons. The lowest BCUT2D eigenvalue weighted by Gasteiger charge is -2.11. The minimum Gasteiger partial charge on any atom is -0.450 e. The van der Waals surface area contributed by atoms with E-state index in [1.54, 1.807) is 19.1 Å². The number of pyridine rings is 2. The number of nitrogens with zero attached hydrogens (tertiary/aromatic N) is 2. The number of rotatable bonds is 3. The number of carbonyl (C=O) groups is 1. The molecule has 4 rings (SSSR count). The van der Waals surface area contributed by atoms with Crippen molar-refractivity contribution >= 4 is 33.0 Å². The fraction of sp³-hybridized carbons (Fsp3) is 0.211. The summed E-state index contributed by atoms with van der Waals surface area (Å²) < 4.78 is 20.4. The van der Waals surface area contributed by atoms with E-state index in [1.807, 2.05) is 0 Å². The quantitative estimate of drug-likeness (QED) is 0.466. The summed E-state index contributed by atoms with van der Waals surface area (Å²) in [5.41, 5.74) is 9.75. The lowest BCUT2D eigenvalue weighted by molar-refractivity contribution is 0.0848. The molecule has 0 amide bonds. The number of aryl methyl sites for hydroxylation is 1. The predicted octanol–water partition coefficient (Wildman–Crippen LogP) is 3.29. The molecule has 0 radical (unpaired) electrons. The molecule has 0 saturated heterocycles. The third-order valence-electron chi connectivity index (χ3n) is 4.97. The Bertz CT molecular complexity index is 1220. The number of nitrogens with two attached hydrogens (primary N) is 1. The van der Waals surface area contributed by atoms with Crippen LogP contribution in [0.3, 0.4) is 0 Å². The summed E-state index contributed by atoms with van der Waals surface area (Å²) in [5.74, 6) is -0.435. The molecule has 2 aromatic heterocycles. The van der Waals surface area contributed by atoms with Crippen molar-refractivity contribution in [2.45, 2.75) is 26.6 Å². The SMILES string of the molecule is Cc1cc2n(c(=O)c1COC(=O)O)Cc1c-2nc2cc(F)c(Br)cc2c1CN. The van der Waals surface area contributed by atoms with Crippen molar-refractivity contribution in [3.05, 3.63) is 61.1 Å². The highest BCUT2D eigenvalue weighted by molar-refractivity contribution is 9.10. The first-order valence-electron chi connectivity index (χ1n) is 8.41. The molecule has 3 aromatic rings. The van der Waals surface area contributed by atoms with Gasteiger partial charge in [0, 0.05) is 23.6 Å². The van der Waals surface area contributed by atoms with Crippen molar-refractivity contribution in [3.63, 3.8) is 0 Å². The molecular formula is C19H15BrFN3O4. The Balaban J connectivity index is 1.95. The molecule has 3 N–H and O–H groups in total. The highest BCUT2D eigenvalue weighted by Gasteiger charge is 2.27. The number of hydrogen-bond donors (Lipinski definition) is 2. The Kier molecular flexibility index (Phi) is 4.43. The Morgan fingerprint density at radius 1 is 1.39 bits per heavy atom. The maximum atomic E-state index is 14.0. The fourth-order valence-corrected chi connectivity index (χ4v) is 3.95. The minimum atomic E-state index is -1.45. The predicted molar refractivity (Wildman–Crippen MR) is 104 cm³/mol. The molecule has 1 aliphatic rings. The van der Waals surface area contributed by atoms with E-state index >= 15 is 0 Å². The van der Waals surface area contributed by atoms with Gasteiger partial charge in [0.2, 0.25) is 0 Å². The van der Waals surface area contributed by atoms with Gasteiger partial charge in [0.05, 0.1) is 33.5 Å². The molecule has 3 heterocycles. The molecule has 1 aromatic carbocycles. The second kappa shape index (κ2) is 6.68. The monoisotopic (exact) mass is 447 g/mol. The van der Waals surface area contributed by atoms with Gasteiger partial charge in [-0.3, -0.25) is 4.79 Å². The third kappa shape index (κ3) is 2.78. The van der Waals surface area contributed by atoms with Crippen molar-refractivity contribution in [1.29, 1.82) is 0 Å². The molecule has 0 unspecified atom stereocenters. The van der Waals surface area contributed by atoms with E-state index in [4.69, 9.17) is 10.8 Å². The number of aromatic nitrogens is 2. The number of carboxylic acid groups (broad SMARTS) is 1. The average Bonchev–Trinajstić information content (AvgIpc) is 2.99. The van der Waals surface area contributed by atoms with E-state index in [0.29, 0.717) is 26.9 Å². The topological polar surface area (TPSA) is 107 Å². The second-order valence-electron chi connectivity index (χ2n) is 6.54. The standard InChI is InChI=1S/C19H15BrFN3O4/c1-8-2-16-17-11(6-24(16)18(25)12(8)7-28-19(26)27)10(5-22)9-3-13(20)14(21)4-15(9)23-17/h2-4H,5-7,22H2,1H3,(H,26,27). The molecule has 0 atom stereocenters. The Morgan fingerprint density at radius 3 is 2.82 bits per heavy atom. The second-order valence-corrected chi connectivity index (χ2v) is 7.40. The van der Waals surface area contributed by atoms with Crippen LogP contribution in [0.25, 0.3) is 22.3 Å². The van der Waals surface area contributed by atoms with Crippen molar-refractivity contribution < 1.29 is 19.0 Å². The van der Waals surface area contributed by atoms with E-state index in [1.165, 1.54) is 10.6 Å². The summed E-state index contributed by atoms with van der Waals surface area (Å²) in [5, 5.41) is 9.45. The number of hydrogen-bond acceptors (Lipinski definition) is 5. The molecule has 9 heteroatoms. The van der Waals surface area contributed by atoms with Gasteiger partial charge in [0.15, 0.2) is 0 Å². The van der Waals surface area contributed by atoms with Crippen LogP contribution in [0.15, 0.2) is 27.5 Å². The summed E-state index contributed by atoms with van der Waals surface area (Å²) in [6, 6.07) is 4.74. The van der Waals surface area contributed by atoms with Crippen molar-refractivity contribution in [2.75, 3.05) is 0 Å². The fourth-order valence-electron chi connectivity index (χ4n) is 3.61.